The lowest BCUT2D eigenvalue weighted by atomic mass is 10.0. The lowest BCUT2D eigenvalue weighted by Gasteiger charge is -2.32. The van der Waals surface area contributed by atoms with E-state index in [9.17, 15) is 5.11 Å². The van der Waals surface area contributed by atoms with Gasteiger partial charge < -0.3 is 15.3 Å². The highest BCUT2D eigenvalue weighted by molar-refractivity contribution is 4.87. The largest absolute Gasteiger partial charge is 0.394 e. The zero-order valence-electron chi connectivity index (χ0n) is 9.71. The summed E-state index contributed by atoms with van der Waals surface area (Å²) < 4.78 is 0. The fourth-order valence-corrected chi connectivity index (χ4v) is 2.25. The summed E-state index contributed by atoms with van der Waals surface area (Å²) in [6.45, 7) is 10.9. The van der Waals surface area contributed by atoms with Crippen LogP contribution in [0.4, 0.5) is 0 Å². The van der Waals surface area contributed by atoms with E-state index in [4.69, 9.17) is 0 Å². The Balaban J connectivity index is 2.39. The molecule has 0 radical (unpaired) electrons. The second-order valence-electron chi connectivity index (χ2n) is 4.88. The van der Waals surface area contributed by atoms with Crippen LogP contribution in [0, 0.1) is 5.92 Å². The van der Waals surface area contributed by atoms with Gasteiger partial charge in [0.2, 0.25) is 0 Å². The lowest BCUT2D eigenvalue weighted by Crippen LogP contribution is -2.53. The van der Waals surface area contributed by atoms with Crippen molar-refractivity contribution in [1.29, 1.82) is 0 Å². The minimum Gasteiger partial charge on any atom is -0.394 e. The van der Waals surface area contributed by atoms with Crippen molar-refractivity contribution in [2.24, 2.45) is 5.92 Å². The van der Waals surface area contributed by atoms with Crippen molar-refractivity contribution in [2.75, 3.05) is 32.8 Å². The van der Waals surface area contributed by atoms with E-state index >= 15 is 0 Å². The fourth-order valence-electron chi connectivity index (χ4n) is 2.25. The molecule has 3 heteroatoms. The van der Waals surface area contributed by atoms with Gasteiger partial charge in [-0.2, -0.15) is 0 Å². The second kappa shape index (κ2) is 5.10. The number of likely N-dealkylation sites (tertiary alicyclic amines) is 1. The summed E-state index contributed by atoms with van der Waals surface area (Å²) in [4.78, 5) is 2.45. The first-order valence-corrected chi connectivity index (χ1v) is 5.68. The van der Waals surface area contributed by atoms with E-state index in [0.29, 0.717) is 0 Å². The van der Waals surface area contributed by atoms with Crippen molar-refractivity contribution < 1.29 is 5.11 Å². The molecule has 3 nitrogen and oxygen atoms in total. The third kappa shape index (κ3) is 3.23. The molecule has 2 atom stereocenters. The normalized spacial score (nSPS) is 27.9. The molecule has 0 saturated carbocycles. The van der Waals surface area contributed by atoms with Crippen molar-refractivity contribution in [3.63, 3.8) is 0 Å². The Morgan fingerprint density at radius 3 is 2.71 bits per heavy atom. The molecule has 84 valence electrons. The van der Waals surface area contributed by atoms with Crippen molar-refractivity contribution in [3.05, 3.63) is 0 Å². The number of hydrogen-bond donors (Lipinski definition) is 2. The lowest BCUT2D eigenvalue weighted by molar-refractivity contribution is 0.132. The van der Waals surface area contributed by atoms with E-state index in [0.717, 1.165) is 19.0 Å². The van der Waals surface area contributed by atoms with Gasteiger partial charge in [0.25, 0.3) is 0 Å². The molecule has 1 rings (SSSR count). The molecule has 2 unspecified atom stereocenters. The molecule has 1 aliphatic rings. The zero-order chi connectivity index (χ0) is 10.6. The maximum atomic E-state index is 9.35. The van der Waals surface area contributed by atoms with Crippen LogP contribution in [0.1, 0.15) is 27.2 Å². The van der Waals surface area contributed by atoms with Gasteiger partial charge in [0.15, 0.2) is 0 Å². The topological polar surface area (TPSA) is 35.5 Å². The molecule has 0 aromatic carbocycles. The quantitative estimate of drug-likeness (QED) is 0.685. The Morgan fingerprint density at radius 1 is 1.57 bits per heavy atom. The van der Waals surface area contributed by atoms with Crippen LogP contribution in [0.3, 0.4) is 0 Å². The van der Waals surface area contributed by atoms with Crippen LogP contribution >= 0.6 is 0 Å². The summed E-state index contributed by atoms with van der Waals surface area (Å²) in [5.41, 5.74) is -0.126. The highest BCUT2D eigenvalue weighted by atomic mass is 16.3. The molecular formula is C11H24N2O. The summed E-state index contributed by atoms with van der Waals surface area (Å²) in [5.74, 6) is 0.819. The first kappa shape index (κ1) is 12.0. The van der Waals surface area contributed by atoms with E-state index in [1.165, 1.54) is 19.5 Å². The Labute approximate surface area is 87.5 Å². The van der Waals surface area contributed by atoms with Gasteiger partial charge in [-0.3, -0.25) is 0 Å². The van der Waals surface area contributed by atoms with Crippen LogP contribution < -0.4 is 5.32 Å². The van der Waals surface area contributed by atoms with Gasteiger partial charge in [0, 0.05) is 13.1 Å². The standard InChI is InChI=1S/C11H24N2O/c1-4-12-11(3,9-14)8-13-6-5-10(2)7-13/h10,12,14H,4-9H2,1-3H3. The number of rotatable bonds is 5. The minimum atomic E-state index is -0.126. The molecule has 1 aliphatic heterocycles. The first-order valence-electron chi connectivity index (χ1n) is 5.68. The van der Waals surface area contributed by atoms with Crippen LogP contribution in [0.15, 0.2) is 0 Å². The van der Waals surface area contributed by atoms with E-state index in [1.807, 2.05) is 0 Å². The molecule has 0 bridgehead atoms. The average Bonchev–Trinajstić information content (AvgIpc) is 2.51. The third-order valence-corrected chi connectivity index (χ3v) is 3.03. The van der Waals surface area contributed by atoms with E-state index in [-0.39, 0.29) is 12.1 Å². The predicted molar refractivity (Wildman–Crippen MR) is 59.4 cm³/mol. The maximum Gasteiger partial charge on any atom is 0.0623 e. The van der Waals surface area contributed by atoms with Crippen LogP contribution in [-0.2, 0) is 0 Å². The number of aliphatic hydroxyl groups excluding tert-OH is 1. The van der Waals surface area contributed by atoms with E-state index in [2.05, 4.69) is 31.0 Å². The highest BCUT2D eigenvalue weighted by Gasteiger charge is 2.28. The van der Waals surface area contributed by atoms with Crippen LogP contribution in [-0.4, -0.2) is 48.3 Å². The number of aliphatic hydroxyl groups is 1. The van der Waals surface area contributed by atoms with E-state index in [1.54, 1.807) is 0 Å². The Morgan fingerprint density at radius 2 is 2.29 bits per heavy atom. The summed E-state index contributed by atoms with van der Waals surface area (Å²) in [6, 6.07) is 0. The summed E-state index contributed by atoms with van der Waals surface area (Å²) in [6.07, 6.45) is 1.30. The van der Waals surface area contributed by atoms with Crippen molar-refractivity contribution in [1.82, 2.24) is 10.2 Å². The number of nitrogens with one attached hydrogen (secondary N) is 1. The Kier molecular flexibility index (Phi) is 4.35. The molecule has 0 spiro atoms. The molecular weight excluding hydrogens is 176 g/mol. The molecule has 14 heavy (non-hydrogen) atoms. The maximum absolute atomic E-state index is 9.35. The smallest absolute Gasteiger partial charge is 0.0623 e. The highest BCUT2D eigenvalue weighted by Crippen LogP contribution is 2.17. The van der Waals surface area contributed by atoms with Crippen molar-refractivity contribution in [3.8, 4) is 0 Å². The number of hydrogen-bond acceptors (Lipinski definition) is 3. The van der Waals surface area contributed by atoms with Gasteiger partial charge in [-0.25, -0.2) is 0 Å². The van der Waals surface area contributed by atoms with Gasteiger partial charge in [0.1, 0.15) is 0 Å². The minimum absolute atomic E-state index is 0.126. The molecule has 1 fully saturated rings. The van der Waals surface area contributed by atoms with Gasteiger partial charge in [-0.1, -0.05) is 13.8 Å². The molecule has 0 aliphatic carbocycles. The van der Waals surface area contributed by atoms with Gasteiger partial charge in [-0.15, -0.1) is 0 Å². The molecule has 0 aromatic rings. The molecule has 1 saturated heterocycles. The van der Waals surface area contributed by atoms with Crippen LogP contribution in [0.2, 0.25) is 0 Å². The molecule has 0 amide bonds. The molecule has 2 N–H and O–H groups in total. The molecule has 0 aromatic heterocycles. The molecule has 1 heterocycles. The third-order valence-electron chi connectivity index (χ3n) is 3.03. The number of nitrogens with zero attached hydrogens (tertiary/aromatic N) is 1. The van der Waals surface area contributed by atoms with Gasteiger partial charge in [0.05, 0.1) is 12.1 Å². The monoisotopic (exact) mass is 200 g/mol. The summed E-state index contributed by atoms with van der Waals surface area (Å²) >= 11 is 0. The average molecular weight is 200 g/mol. The predicted octanol–water partition coefficient (Wildman–Crippen LogP) is 0.689. The Bertz CT molecular complexity index is 175. The van der Waals surface area contributed by atoms with Crippen LogP contribution in [0.5, 0.6) is 0 Å². The fraction of sp³-hybridized carbons (Fsp3) is 1.00. The summed E-state index contributed by atoms with van der Waals surface area (Å²) in [7, 11) is 0. The summed E-state index contributed by atoms with van der Waals surface area (Å²) in [5, 5.41) is 12.7. The van der Waals surface area contributed by atoms with Crippen LogP contribution in [0.25, 0.3) is 0 Å². The van der Waals surface area contributed by atoms with E-state index < -0.39 is 0 Å². The van der Waals surface area contributed by atoms with Crippen molar-refractivity contribution in [2.45, 2.75) is 32.7 Å². The van der Waals surface area contributed by atoms with Crippen molar-refractivity contribution >= 4 is 0 Å². The van der Waals surface area contributed by atoms with Gasteiger partial charge >= 0.3 is 0 Å². The SMILES string of the molecule is CCNC(C)(CO)CN1CCC(C)C1. The first-order chi connectivity index (χ1) is 6.59. The number of likely N-dealkylation sites (N-methyl/N-ethyl adjacent to an activating group) is 1. The second-order valence-corrected chi connectivity index (χ2v) is 4.88. The zero-order valence-corrected chi connectivity index (χ0v) is 9.71. The Hall–Kier alpha value is -0.120. The van der Waals surface area contributed by atoms with Gasteiger partial charge in [-0.05, 0) is 32.4 Å².